The summed E-state index contributed by atoms with van der Waals surface area (Å²) in [6, 6.07) is 5.54. The predicted octanol–water partition coefficient (Wildman–Crippen LogP) is 2.15. The lowest BCUT2D eigenvalue weighted by Crippen LogP contribution is -2.26. The highest BCUT2D eigenvalue weighted by Crippen LogP contribution is 2.23. The van der Waals surface area contributed by atoms with Gasteiger partial charge in [-0.25, -0.2) is 9.78 Å². The molecule has 0 aliphatic heterocycles. The van der Waals surface area contributed by atoms with Crippen molar-refractivity contribution in [2.45, 2.75) is 18.2 Å². The molecular weight excluding hydrogens is 280 g/mol. The van der Waals surface area contributed by atoms with Crippen LogP contribution >= 0.6 is 11.8 Å². The van der Waals surface area contributed by atoms with Crippen molar-refractivity contribution >= 4 is 28.8 Å². The first-order chi connectivity index (χ1) is 9.63. The Morgan fingerprint density at radius 2 is 2.35 bits per heavy atom. The lowest BCUT2D eigenvalue weighted by Gasteiger charge is -2.10. The standard InChI is InChI=1S/C13H16N2O4S/c1-3-19-11(12(16)17)7-20-13-14-9-5-4-8(18-2)6-10(9)15-13/h4-6,11H,3,7H2,1-2H3,(H,14,15)(H,16,17). The number of benzene rings is 1. The van der Waals surface area contributed by atoms with Crippen LogP contribution in [-0.4, -0.2) is 46.6 Å². The first-order valence-corrected chi connectivity index (χ1v) is 7.13. The van der Waals surface area contributed by atoms with E-state index >= 15 is 0 Å². The zero-order valence-electron chi connectivity index (χ0n) is 11.3. The number of ether oxygens (including phenoxy) is 2. The predicted molar refractivity (Wildman–Crippen MR) is 76.4 cm³/mol. The second-order valence-electron chi connectivity index (χ2n) is 4.02. The van der Waals surface area contributed by atoms with Gasteiger partial charge in [0.05, 0.1) is 18.1 Å². The van der Waals surface area contributed by atoms with Crippen LogP contribution in [0.3, 0.4) is 0 Å². The molecule has 0 aliphatic carbocycles. The maximum absolute atomic E-state index is 11.0. The number of rotatable bonds is 7. The van der Waals surface area contributed by atoms with E-state index in [0.29, 0.717) is 17.5 Å². The number of carboxylic acid groups (broad SMARTS) is 1. The smallest absolute Gasteiger partial charge is 0.333 e. The first-order valence-electron chi connectivity index (χ1n) is 6.15. The Morgan fingerprint density at radius 1 is 1.55 bits per heavy atom. The summed E-state index contributed by atoms with van der Waals surface area (Å²) in [6.45, 7) is 2.14. The zero-order chi connectivity index (χ0) is 14.5. The number of thioether (sulfide) groups is 1. The number of hydrogen-bond donors (Lipinski definition) is 2. The molecule has 7 heteroatoms. The molecule has 2 rings (SSSR count). The second kappa shape index (κ2) is 6.62. The lowest BCUT2D eigenvalue weighted by molar-refractivity contribution is -0.148. The van der Waals surface area contributed by atoms with Crippen molar-refractivity contribution in [2.75, 3.05) is 19.5 Å². The molecule has 20 heavy (non-hydrogen) atoms. The molecule has 0 amide bonds. The molecule has 0 saturated heterocycles. The van der Waals surface area contributed by atoms with Crippen molar-refractivity contribution in [1.82, 2.24) is 9.97 Å². The van der Waals surface area contributed by atoms with Crippen LogP contribution in [0.25, 0.3) is 11.0 Å². The van der Waals surface area contributed by atoms with Gasteiger partial charge in [0.15, 0.2) is 11.3 Å². The number of nitrogens with zero attached hydrogens (tertiary/aromatic N) is 1. The number of carbonyl (C=O) groups is 1. The van der Waals surface area contributed by atoms with Gasteiger partial charge in [-0.1, -0.05) is 11.8 Å². The highest BCUT2D eigenvalue weighted by molar-refractivity contribution is 7.99. The largest absolute Gasteiger partial charge is 0.497 e. The Balaban J connectivity index is 2.07. The van der Waals surface area contributed by atoms with Crippen molar-refractivity contribution in [3.05, 3.63) is 18.2 Å². The fourth-order valence-corrected chi connectivity index (χ4v) is 2.60. The Labute approximate surface area is 120 Å². The van der Waals surface area contributed by atoms with Crippen molar-refractivity contribution < 1.29 is 19.4 Å². The van der Waals surface area contributed by atoms with Gasteiger partial charge in [-0.15, -0.1) is 0 Å². The Bertz CT molecular complexity index is 599. The molecule has 1 heterocycles. The van der Waals surface area contributed by atoms with Gasteiger partial charge in [-0.2, -0.15) is 0 Å². The third-order valence-electron chi connectivity index (χ3n) is 2.68. The average molecular weight is 296 g/mol. The minimum Gasteiger partial charge on any atom is -0.497 e. The van der Waals surface area contributed by atoms with Gasteiger partial charge >= 0.3 is 5.97 Å². The van der Waals surface area contributed by atoms with Crippen LogP contribution in [-0.2, 0) is 9.53 Å². The fraction of sp³-hybridized carbons (Fsp3) is 0.385. The summed E-state index contributed by atoms with van der Waals surface area (Å²) in [5.74, 6) is 0.0905. The van der Waals surface area contributed by atoms with Crippen LogP contribution in [0.2, 0.25) is 0 Å². The molecule has 0 saturated carbocycles. The summed E-state index contributed by atoms with van der Waals surface area (Å²) in [5.41, 5.74) is 1.67. The molecule has 0 bridgehead atoms. The van der Waals surface area contributed by atoms with Crippen molar-refractivity contribution in [3.63, 3.8) is 0 Å². The van der Waals surface area contributed by atoms with E-state index in [0.717, 1.165) is 16.8 Å². The first kappa shape index (κ1) is 14.7. The maximum atomic E-state index is 11.0. The van der Waals surface area contributed by atoms with E-state index in [9.17, 15) is 4.79 Å². The number of hydrogen-bond acceptors (Lipinski definition) is 5. The number of aromatic nitrogens is 2. The maximum Gasteiger partial charge on any atom is 0.333 e. The molecule has 2 aromatic rings. The summed E-state index contributed by atoms with van der Waals surface area (Å²) in [7, 11) is 1.60. The zero-order valence-corrected chi connectivity index (χ0v) is 12.1. The monoisotopic (exact) mass is 296 g/mol. The topological polar surface area (TPSA) is 84.4 Å². The summed E-state index contributed by atoms with van der Waals surface area (Å²) < 4.78 is 10.3. The van der Waals surface area contributed by atoms with E-state index in [1.165, 1.54) is 11.8 Å². The molecule has 0 fully saturated rings. The molecule has 1 aromatic carbocycles. The van der Waals surface area contributed by atoms with Gasteiger partial charge in [0.25, 0.3) is 0 Å². The van der Waals surface area contributed by atoms with Gasteiger partial charge in [-0.05, 0) is 19.1 Å². The highest BCUT2D eigenvalue weighted by atomic mass is 32.2. The van der Waals surface area contributed by atoms with E-state index < -0.39 is 12.1 Å². The van der Waals surface area contributed by atoms with Gasteiger partial charge in [0, 0.05) is 18.4 Å². The number of H-pyrrole nitrogens is 1. The molecule has 108 valence electrons. The van der Waals surface area contributed by atoms with Crippen molar-refractivity contribution in [1.29, 1.82) is 0 Å². The molecular formula is C13H16N2O4S. The molecule has 2 N–H and O–H groups in total. The summed E-state index contributed by atoms with van der Waals surface area (Å²) >= 11 is 1.32. The summed E-state index contributed by atoms with van der Waals surface area (Å²) in [4.78, 5) is 18.5. The Hall–Kier alpha value is -1.73. The quantitative estimate of drug-likeness (QED) is 0.762. The number of imidazole rings is 1. The molecule has 1 atom stereocenters. The van der Waals surface area contributed by atoms with Gasteiger partial charge in [-0.3, -0.25) is 0 Å². The summed E-state index contributed by atoms with van der Waals surface area (Å²) in [5, 5.41) is 9.67. The number of fused-ring (bicyclic) bond motifs is 1. The number of aliphatic carboxylic acids is 1. The Kier molecular flexibility index (Phi) is 4.86. The Morgan fingerprint density at radius 3 is 3.00 bits per heavy atom. The molecule has 0 aliphatic rings. The van der Waals surface area contributed by atoms with E-state index in [2.05, 4.69) is 9.97 Å². The molecule has 1 aromatic heterocycles. The SMILES string of the molecule is CCOC(CSc1nc2ccc(OC)cc2[nH]1)C(=O)O. The molecule has 0 spiro atoms. The van der Waals surface area contributed by atoms with Crippen LogP contribution in [0.1, 0.15) is 6.92 Å². The van der Waals surface area contributed by atoms with Crippen LogP contribution in [0.15, 0.2) is 23.4 Å². The number of carboxylic acids is 1. The van der Waals surface area contributed by atoms with Gasteiger partial charge in [0.1, 0.15) is 5.75 Å². The normalized spacial score (nSPS) is 12.5. The van der Waals surface area contributed by atoms with Crippen LogP contribution in [0, 0.1) is 0 Å². The van der Waals surface area contributed by atoms with E-state index in [4.69, 9.17) is 14.6 Å². The van der Waals surface area contributed by atoms with Crippen LogP contribution in [0.5, 0.6) is 5.75 Å². The molecule has 0 radical (unpaired) electrons. The number of aromatic amines is 1. The summed E-state index contributed by atoms with van der Waals surface area (Å²) in [6.07, 6.45) is -0.826. The highest BCUT2D eigenvalue weighted by Gasteiger charge is 2.18. The van der Waals surface area contributed by atoms with Crippen molar-refractivity contribution in [3.8, 4) is 5.75 Å². The minimum absolute atomic E-state index is 0.306. The second-order valence-corrected chi connectivity index (χ2v) is 5.03. The number of nitrogens with one attached hydrogen (secondary N) is 1. The van der Waals surface area contributed by atoms with Gasteiger partial charge < -0.3 is 19.6 Å². The van der Waals surface area contributed by atoms with Crippen LogP contribution < -0.4 is 4.74 Å². The third kappa shape index (κ3) is 3.43. The van der Waals surface area contributed by atoms with Gasteiger partial charge in [0.2, 0.25) is 0 Å². The van der Waals surface area contributed by atoms with E-state index in [1.54, 1.807) is 14.0 Å². The fourth-order valence-electron chi connectivity index (χ4n) is 1.71. The third-order valence-corrected chi connectivity index (χ3v) is 3.62. The van der Waals surface area contributed by atoms with Crippen molar-refractivity contribution in [2.24, 2.45) is 0 Å². The lowest BCUT2D eigenvalue weighted by atomic mass is 10.3. The molecule has 1 unspecified atom stereocenters. The van der Waals surface area contributed by atoms with Crippen LogP contribution in [0.4, 0.5) is 0 Å². The molecule has 6 nitrogen and oxygen atoms in total. The average Bonchev–Trinajstić information content (AvgIpc) is 2.84. The van der Waals surface area contributed by atoms with E-state index in [1.807, 2.05) is 18.2 Å². The minimum atomic E-state index is -0.961. The number of methoxy groups -OCH3 is 1. The van der Waals surface area contributed by atoms with E-state index in [-0.39, 0.29) is 0 Å².